The van der Waals surface area contributed by atoms with Gasteiger partial charge in [0.15, 0.2) is 0 Å². The Hall–Kier alpha value is 0.750. The molecule has 0 atom stereocenters. The molecule has 0 aliphatic rings. The Morgan fingerprint density at radius 1 is 1.00 bits per heavy atom. The first kappa shape index (κ1) is 22.4. The molecule has 0 aromatic carbocycles. The number of hydrogen-bond acceptors (Lipinski definition) is 3. The van der Waals surface area contributed by atoms with Crippen molar-refractivity contribution in [3.63, 3.8) is 0 Å². The SMILES string of the molecule is CC(C)CO.CO.CO.[Hf]. The summed E-state index contributed by atoms with van der Waals surface area (Å²) >= 11 is 0. The molecule has 0 rings (SSSR count). The maximum atomic E-state index is 8.14. The average Bonchev–Trinajstić information content (AvgIpc) is 1.97. The number of aliphatic hydroxyl groups excluding tert-OH is 3. The summed E-state index contributed by atoms with van der Waals surface area (Å²) in [5.41, 5.74) is 0. The Balaban J connectivity index is -0.0000000315. The first-order chi connectivity index (χ1) is 4.27. The van der Waals surface area contributed by atoms with Crippen molar-refractivity contribution in [2.75, 3.05) is 20.8 Å². The Morgan fingerprint density at radius 2 is 1.10 bits per heavy atom. The summed E-state index contributed by atoms with van der Waals surface area (Å²) in [5, 5.41) is 22.1. The van der Waals surface area contributed by atoms with Crippen molar-refractivity contribution < 1.29 is 41.2 Å². The molecule has 0 heterocycles. The van der Waals surface area contributed by atoms with Crippen molar-refractivity contribution in [2.45, 2.75) is 13.8 Å². The molecule has 0 fully saturated rings. The van der Waals surface area contributed by atoms with Crippen LogP contribution in [0, 0.1) is 5.92 Å². The zero-order valence-corrected chi connectivity index (χ0v) is 10.7. The molecule has 0 saturated carbocycles. The van der Waals surface area contributed by atoms with Crippen molar-refractivity contribution in [1.82, 2.24) is 0 Å². The van der Waals surface area contributed by atoms with Crippen LogP contribution in [0.25, 0.3) is 0 Å². The van der Waals surface area contributed by atoms with Crippen LogP contribution in [0.3, 0.4) is 0 Å². The van der Waals surface area contributed by atoms with Gasteiger partial charge < -0.3 is 15.3 Å². The van der Waals surface area contributed by atoms with Gasteiger partial charge in [-0.3, -0.25) is 0 Å². The van der Waals surface area contributed by atoms with Gasteiger partial charge in [-0.2, -0.15) is 0 Å². The standard InChI is InChI=1S/C4H10O.2CH4O.Hf/c1-4(2)3-5;2*1-2;/h4-5H,3H2,1-2H3;2*2H,1H3;. The van der Waals surface area contributed by atoms with E-state index in [4.69, 9.17) is 15.3 Å². The van der Waals surface area contributed by atoms with Crippen LogP contribution in [0.1, 0.15) is 13.8 Å². The van der Waals surface area contributed by atoms with Crippen molar-refractivity contribution in [2.24, 2.45) is 5.92 Å². The summed E-state index contributed by atoms with van der Waals surface area (Å²) < 4.78 is 0. The molecule has 0 saturated heterocycles. The van der Waals surface area contributed by atoms with E-state index in [0.29, 0.717) is 12.5 Å². The zero-order valence-electron chi connectivity index (χ0n) is 7.13. The third-order valence-electron chi connectivity index (χ3n) is 0.365. The minimum atomic E-state index is 0. The predicted molar refractivity (Wildman–Crippen MR) is 38.2 cm³/mol. The summed E-state index contributed by atoms with van der Waals surface area (Å²) in [4.78, 5) is 0. The molecule has 0 aromatic heterocycles. The van der Waals surface area contributed by atoms with Crippen molar-refractivity contribution in [1.29, 1.82) is 0 Å². The molecule has 3 nitrogen and oxygen atoms in total. The fourth-order valence-electron chi connectivity index (χ4n) is 0. The second-order valence-electron chi connectivity index (χ2n) is 1.58. The predicted octanol–water partition coefficient (Wildman–Crippen LogP) is -0.151. The van der Waals surface area contributed by atoms with E-state index in [0.717, 1.165) is 14.2 Å². The number of aliphatic hydroxyl groups is 3. The molecule has 3 N–H and O–H groups in total. The minimum absolute atomic E-state index is 0. The van der Waals surface area contributed by atoms with Gasteiger partial charge in [-0.15, -0.1) is 0 Å². The molecular weight excluding hydrogens is 299 g/mol. The van der Waals surface area contributed by atoms with Crippen LogP contribution >= 0.6 is 0 Å². The zero-order chi connectivity index (χ0) is 8.28. The molecule has 10 heavy (non-hydrogen) atoms. The van der Waals surface area contributed by atoms with Crippen LogP contribution in [-0.2, 0) is 25.8 Å². The smallest absolute Gasteiger partial charge is 0.0453 e. The van der Waals surface area contributed by atoms with E-state index in [1.165, 1.54) is 0 Å². The van der Waals surface area contributed by atoms with E-state index in [1.54, 1.807) is 0 Å². The van der Waals surface area contributed by atoms with Crippen molar-refractivity contribution in [3.05, 3.63) is 0 Å². The van der Waals surface area contributed by atoms with Crippen LogP contribution in [-0.4, -0.2) is 36.1 Å². The Labute approximate surface area is 81.9 Å². The maximum Gasteiger partial charge on any atom is 0.0453 e. The van der Waals surface area contributed by atoms with E-state index in [-0.39, 0.29) is 25.8 Å². The van der Waals surface area contributed by atoms with Crippen LogP contribution in [0.15, 0.2) is 0 Å². The molecule has 0 radical (unpaired) electrons. The Morgan fingerprint density at radius 3 is 1.10 bits per heavy atom. The van der Waals surface area contributed by atoms with Crippen LogP contribution in [0.2, 0.25) is 0 Å². The normalized spacial score (nSPS) is 6.00. The summed E-state index contributed by atoms with van der Waals surface area (Å²) in [5.74, 6) is 0.440. The van der Waals surface area contributed by atoms with E-state index in [2.05, 4.69) is 0 Å². The molecule has 0 aliphatic heterocycles. The Bertz CT molecular complexity index is 27.0. The number of hydrogen-bond donors (Lipinski definition) is 3. The van der Waals surface area contributed by atoms with Gasteiger partial charge in [0.05, 0.1) is 0 Å². The van der Waals surface area contributed by atoms with Crippen molar-refractivity contribution in [3.8, 4) is 0 Å². The van der Waals surface area contributed by atoms with E-state index >= 15 is 0 Å². The maximum absolute atomic E-state index is 8.14. The van der Waals surface area contributed by atoms with Gasteiger partial charge in [0.1, 0.15) is 0 Å². The first-order valence-corrected chi connectivity index (χ1v) is 2.77. The summed E-state index contributed by atoms with van der Waals surface area (Å²) in [6.07, 6.45) is 0. The Kier molecular flexibility index (Phi) is 74.2. The minimum Gasteiger partial charge on any atom is -0.400 e. The van der Waals surface area contributed by atoms with Gasteiger partial charge in [-0.25, -0.2) is 0 Å². The summed E-state index contributed by atoms with van der Waals surface area (Å²) in [6, 6.07) is 0. The van der Waals surface area contributed by atoms with Crippen LogP contribution < -0.4 is 0 Å². The van der Waals surface area contributed by atoms with Crippen LogP contribution in [0.5, 0.6) is 0 Å². The summed E-state index contributed by atoms with van der Waals surface area (Å²) in [7, 11) is 2.00. The number of rotatable bonds is 1. The molecule has 0 spiro atoms. The van der Waals surface area contributed by atoms with E-state index in [9.17, 15) is 0 Å². The van der Waals surface area contributed by atoms with E-state index < -0.39 is 0 Å². The topological polar surface area (TPSA) is 60.7 Å². The molecule has 0 amide bonds. The van der Waals surface area contributed by atoms with Gasteiger partial charge in [-0.05, 0) is 5.92 Å². The second kappa shape index (κ2) is 33.1. The van der Waals surface area contributed by atoms with Gasteiger partial charge in [0.25, 0.3) is 0 Å². The molecule has 0 unspecified atom stereocenters. The molecular formula is C6H18HfO3. The second-order valence-corrected chi connectivity index (χ2v) is 1.58. The first-order valence-electron chi connectivity index (χ1n) is 2.77. The average molecular weight is 317 g/mol. The third kappa shape index (κ3) is 69.5. The fraction of sp³-hybridized carbons (Fsp3) is 1.00. The fourth-order valence-corrected chi connectivity index (χ4v) is 0. The molecule has 0 bridgehead atoms. The largest absolute Gasteiger partial charge is 0.400 e. The third-order valence-corrected chi connectivity index (χ3v) is 0.365. The quantitative estimate of drug-likeness (QED) is 0.590. The summed E-state index contributed by atoms with van der Waals surface area (Å²) in [6.45, 7) is 4.25. The monoisotopic (exact) mass is 318 g/mol. The molecule has 64 valence electrons. The van der Waals surface area contributed by atoms with Crippen molar-refractivity contribution >= 4 is 0 Å². The van der Waals surface area contributed by atoms with Gasteiger partial charge in [0, 0.05) is 46.7 Å². The molecule has 0 aromatic rings. The van der Waals surface area contributed by atoms with Gasteiger partial charge in [-0.1, -0.05) is 13.8 Å². The molecule has 4 heteroatoms. The molecule has 0 aliphatic carbocycles. The van der Waals surface area contributed by atoms with Gasteiger partial charge >= 0.3 is 0 Å². The van der Waals surface area contributed by atoms with Crippen LogP contribution in [0.4, 0.5) is 0 Å². The van der Waals surface area contributed by atoms with E-state index in [1.807, 2.05) is 13.8 Å². The van der Waals surface area contributed by atoms with Gasteiger partial charge in [0.2, 0.25) is 0 Å².